The third-order valence-electron chi connectivity index (χ3n) is 6.19. The van der Waals surface area contributed by atoms with Gasteiger partial charge in [-0.2, -0.15) is 10.2 Å². The van der Waals surface area contributed by atoms with Crippen molar-refractivity contribution in [3.63, 3.8) is 0 Å². The van der Waals surface area contributed by atoms with Crippen LogP contribution in [0.4, 0.5) is 28.4 Å². The van der Waals surface area contributed by atoms with Crippen molar-refractivity contribution in [1.29, 1.82) is 0 Å². The second-order valence-corrected chi connectivity index (χ2v) is 12.9. The summed E-state index contributed by atoms with van der Waals surface area (Å²) in [7, 11) is -9.37. The molecule has 16 heteroatoms. The van der Waals surface area contributed by atoms with Crippen LogP contribution in [0.5, 0.6) is 5.75 Å². The van der Waals surface area contributed by atoms with E-state index in [1.54, 1.807) is 48.5 Å². The van der Waals surface area contributed by atoms with Crippen LogP contribution in [0, 0.1) is 17.0 Å². The van der Waals surface area contributed by atoms with E-state index in [1.807, 2.05) is 13.8 Å². The second-order valence-electron chi connectivity index (χ2n) is 9.47. The standard InChI is InChI=1S/C29H28N5O8S2.Na/c1-3-24(35)19-42-29-16-13-23(17-20(29)2)32-31-22-11-9-21(10-12-22)30-27-15-14-26(18-28(27)34(36)37)44(40,41)33-43(38,39)25-7-5-4-6-8-25;/h4-18,24,30,35H,3,19H2,1-2H3;/q-1;+1. The molecule has 0 bridgehead atoms. The zero-order chi connectivity index (χ0) is 31.9. The Morgan fingerprint density at radius 2 is 1.51 bits per heavy atom. The fourth-order valence-electron chi connectivity index (χ4n) is 3.78. The van der Waals surface area contributed by atoms with Gasteiger partial charge < -0.3 is 19.3 Å². The van der Waals surface area contributed by atoms with Crippen molar-refractivity contribution in [2.75, 3.05) is 11.9 Å². The molecule has 0 aliphatic carbocycles. The van der Waals surface area contributed by atoms with Gasteiger partial charge in [0.2, 0.25) is 0 Å². The number of hydrogen-bond acceptors (Lipinski definition) is 11. The molecule has 0 fully saturated rings. The molecular weight excluding hydrogens is 633 g/mol. The number of aryl methyl sites for hydroxylation is 1. The number of rotatable bonds is 13. The minimum Gasteiger partial charge on any atom is -0.491 e. The average molecular weight is 662 g/mol. The molecule has 0 aliphatic heterocycles. The summed E-state index contributed by atoms with van der Waals surface area (Å²) >= 11 is 0. The molecule has 45 heavy (non-hydrogen) atoms. The summed E-state index contributed by atoms with van der Waals surface area (Å²) in [5, 5.41) is 32.7. The first kappa shape index (κ1) is 35.8. The Balaban J connectivity index is 0.00000552. The smallest absolute Gasteiger partial charge is 0.491 e. The largest absolute Gasteiger partial charge is 1.00 e. The minimum atomic E-state index is -4.79. The monoisotopic (exact) mass is 661 g/mol. The molecule has 230 valence electrons. The van der Waals surface area contributed by atoms with Crippen LogP contribution in [-0.2, 0) is 20.0 Å². The van der Waals surface area contributed by atoms with Crippen LogP contribution in [0.1, 0.15) is 18.9 Å². The molecule has 2 N–H and O–H groups in total. The van der Waals surface area contributed by atoms with E-state index < -0.39 is 41.7 Å². The van der Waals surface area contributed by atoms with Gasteiger partial charge in [0.1, 0.15) is 38.1 Å². The van der Waals surface area contributed by atoms with Crippen molar-refractivity contribution in [1.82, 2.24) is 0 Å². The van der Waals surface area contributed by atoms with E-state index in [0.717, 1.165) is 23.8 Å². The van der Waals surface area contributed by atoms with Gasteiger partial charge in [-0.1, -0.05) is 25.1 Å². The van der Waals surface area contributed by atoms with Crippen LogP contribution in [0.25, 0.3) is 4.13 Å². The van der Waals surface area contributed by atoms with E-state index in [-0.39, 0.29) is 46.7 Å². The van der Waals surface area contributed by atoms with Crippen LogP contribution in [-0.4, -0.2) is 39.6 Å². The zero-order valence-electron chi connectivity index (χ0n) is 24.6. The SMILES string of the molecule is CCC(O)COc1ccc(N=Nc2ccc(Nc3ccc(S(=O)(=O)[N-]S(=O)(=O)c4ccccc4)cc3[N+](=O)[O-])cc2)cc1C.[Na+]. The summed E-state index contributed by atoms with van der Waals surface area (Å²) in [6.07, 6.45) is 0.0493. The maximum Gasteiger partial charge on any atom is 1.00 e. The van der Waals surface area contributed by atoms with Crippen LogP contribution in [0.15, 0.2) is 111 Å². The van der Waals surface area contributed by atoms with Crippen LogP contribution < -0.4 is 39.6 Å². The Hall–Kier alpha value is -3.70. The Bertz CT molecular complexity index is 1890. The molecule has 0 saturated carbocycles. The van der Waals surface area contributed by atoms with E-state index in [0.29, 0.717) is 29.2 Å². The number of sulfonamides is 2. The van der Waals surface area contributed by atoms with E-state index in [4.69, 9.17) is 4.74 Å². The number of anilines is 2. The number of nitro benzene ring substituents is 1. The van der Waals surface area contributed by atoms with Gasteiger partial charge in [-0.25, -0.2) is 16.8 Å². The predicted molar refractivity (Wildman–Crippen MR) is 164 cm³/mol. The fraction of sp³-hybridized carbons (Fsp3) is 0.172. The number of azo groups is 1. The zero-order valence-corrected chi connectivity index (χ0v) is 28.2. The molecule has 1 unspecified atom stereocenters. The van der Waals surface area contributed by atoms with Crippen molar-refractivity contribution in [2.45, 2.75) is 36.2 Å². The number of ether oxygens (including phenoxy) is 1. The van der Waals surface area contributed by atoms with Crippen molar-refractivity contribution < 1.29 is 61.2 Å². The molecule has 0 aromatic heterocycles. The number of nitrogens with one attached hydrogen (secondary N) is 1. The molecule has 0 heterocycles. The molecule has 1 atom stereocenters. The molecule has 0 radical (unpaired) electrons. The van der Waals surface area contributed by atoms with E-state index in [9.17, 15) is 32.1 Å². The third kappa shape index (κ3) is 9.64. The third-order valence-corrected chi connectivity index (χ3v) is 9.48. The van der Waals surface area contributed by atoms with Gasteiger partial charge in [0.05, 0.1) is 27.3 Å². The quantitative estimate of drug-likeness (QED) is 0.0931. The minimum absolute atomic E-state index is 0. The molecular formula is C29H28N5NaO8S2. The van der Waals surface area contributed by atoms with E-state index in [2.05, 4.69) is 19.7 Å². The number of nitrogens with zero attached hydrogens (tertiary/aromatic N) is 4. The van der Waals surface area contributed by atoms with Crippen LogP contribution >= 0.6 is 0 Å². The first-order chi connectivity index (χ1) is 20.9. The summed E-state index contributed by atoms with van der Waals surface area (Å²) in [6.45, 7) is 3.92. The molecule has 0 amide bonds. The van der Waals surface area contributed by atoms with E-state index >= 15 is 0 Å². The second kappa shape index (κ2) is 15.5. The van der Waals surface area contributed by atoms with Gasteiger partial charge >= 0.3 is 29.6 Å². The Morgan fingerprint density at radius 1 is 0.889 bits per heavy atom. The molecule has 13 nitrogen and oxygen atoms in total. The van der Waals surface area contributed by atoms with Crippen LogP contribution in [0.2, 0.25) is 0 Å². The summed E-state index contributed by atoms with van der Waals surface area (Å²) in [5.41, 5.74) is 1.72. The van der Waals surface area contributed by atoms with Gasteiger partial charge in [0.15, 0.2) is 0 Å². The molecule has 0 aliphatic rings. The summed E-state index contributed by atoms with van der Waals surface area (Å²) in [5.74, 6) is 0.637. The van der Waals surface area contributed by atoms with Crippen molar-refractivity contribution >= 4 is 48.5 Å². The molecule has 4 rings (SSSR count). The maximum absolute atomic E-state index is 12.7. The number of hydrogen-bond donors (Lipinski definition) is 2. The van der Waals surface area contributed by atoms with Crippen molar-refractivity contribution in [2.24, 2.45) is 10.2 Å². The van der Waals surface area contributed by atoms with Crippen LogP contribution in [0.3, 0.4) is 0 Å². The first-order valence-corrected chi connectivity index (χ1v) is 16.0. The normalized spacial score (nSPS) is 12.3. The number of nitro groups is 1. The Labute approximate surface area is 282 Å². The van der Waals surface area contributed by atoms with Gasteiger partial charge in [0, 0.05) is 16.6 Å². The summed E-state index contributed by atoms with van der Waals surface area (Å²) < 4.78 is 59.1. The maximum atomic E-state index is 12.7. The average Bonchev–Trinajstić information content (AvgIpc) is 3.00. The molecule has 0 spiro atoms. The van der Waals surface area contributed by atoms with Gasteiger partial charge in [-0.3, -0.25) is 10.1 Å². The number of benzene rings is 4. The number of aliphatic hydroxyl groups is 1. The van der Waals surface area contributed by atoms with E-state index in [1.165, 1.54) is 24.3 Å². The number of aliphatic hydroxyl groups excluding tert-OH is 1. The molecule has 4 aromatic rings. The Morgan fingerprint density at radius 3 is 2.13 bits per heavy atom. The fourth-order valence-corrected chi connectivity index (χ4v) is 6.50. The molecule has 4 aromatic carbocycles. The van der Waals surface area contributed by atoms with Gasteiger partial charge in [-0.15, -0.1) is 0 Å². The Kier molecular flexibility index (Phi) is 12.3. The van der Waals surface area contributed by atoms with Crippen molar-refractivity contribution in [3.05, 3.63) is 111 Å². The summed E-state index contributed by atoms with van der Waals surface area (Å²) in [4.78, 5) is 9.99. The molecule has 0 saturated heterocycles. The topological polar surface area (TPSA) is 192 Å². The van der Waals surface area contributed by atoms with Gasteiger partial charge in [-0.05, 0) is 85.6 Å². The van der Waals surface area contributed by atoms with Gasteiger partial charge in [0.25, 0.3) is 5.69 Å². The summed E-state index contributed by atoms with van der Waals surface area (Å²) in [6, 6.07) is 21.4. The van der Waals surface area contributed by atoms with Crippen molar-refractivity contribution in [3.8, 4) is 5.75 Å². The first-order valence-electron chi connectivity index (χ1n) is 13.2. The predicted octanol–water partition coefficient (Wildman–Crippen LogP) is 3.67.